The zero-order valence-electron chi connectivity index (χ0n) is 16.5. The second-order valence-corrected chi connectivity index (χ2v) is 7.35. The maximum Gasteiger partial charge on any atom is 0.254 e. The molecule has 1 N–H and O–H groups in total. The molecule has 0 radical (unpaired) electrons. The van der Waals surface area contributed by atoms with Crippen molar-refractivity contribution in [1.29, 1.82) is 0 Å². The van der Waals surface area contributed by atoms with E-state index in [1.807, 2.05) is 58.0 Å². The number of rotatable bonds is 5. The molecule has 0 saturated carbocycles. The lowest BCUT2D eigenvalue weighted by Crippen LogP contribution is -2.36. The lowest BCUT2D eigenvalue weighted by Gasteiger charge is -2.22. The van der Waals surface area contributed by atoms with E-state index in [1.54, 1.807) is 4.90 Å². The first-order valence-electron chi connectivity index (χ1n) is 9.22. The molecule has 0 aliphatic carbocycles. The molecular formula is C22H26N2O3. The third-order valence-electron chi connectivity index (χ3n) is 4.58. The molecule has 2 amide bonds. The number of ether oxygens (including phenoxy) is 1. The number of carbonyl (C=O) groups is 2. The summed E-state index contributed by atoms with van der Waals surface area (Å²) in [4.78, 5) is 26.6. The van der Waals surface area contributed by atoms with Crippen LogP contribution in [0.2, 0.25) is 0 Å². The van der Waals surface area contributed by atoms with Crippen LogP contribution in [-0.2, 0) is 16.1 Å². The van der Waals surface area contributed by atoms with Crippen molar-refractivity contribution < 1.29 is 14.3 Å². The van der Waals surface area contributed by atoms with Crippen molar-refractivity contribution >= 4 is 17.5 Å². The predicted octanol–water partition coefficient (Wildman–Crippen LogP) is 3.81. The Bertz CT molecular complexity index is 889. The summed E-state index contributed by atoms with van der Waals surface area (Å²) in [6, 6.07) is 11.2. The van der Waals surface area contributed by atoms with Crippen LogP contribution in [0.3, 0.4) is 0 Å². The Balaban J connectivity index is 2.03. The maximum absolute atomic E-state index is 13.2. The van der Waals surface area contributed by atoms with E-state index in [9.17, 15) is 9.59 Å². The third-order valence-corrected chi connectivity index (χ3v) is 4.58. The van der Waals surface area contributed by atoms with Crippen molar-refractivity contribution in [3.05, 3.63) is 58.7 Å². The fourth-order valence-corrected chi connectivity index (χ4v) is 3.65. The molecule has 5 nitrogen and oxygen atoms in total. The Labute approximate surface area is 160 Å². The summed E-state index contributed by atoms with van der Waals surface area (Å²) in [7, 11) is 0. The van der Waals surface area contributed by atoms with Crippen LogP contribution in [0, 0.1) is 13.8 Å². The normalized spacial score (nSPS) is 15.9. The number of fused-ring (bicyclic) bond motifs is 1. The van der Waals surface area contributed by atoms with Crippen LogP contribution in [0.25, 0.3) is 0 Å². The third kappa shape index (κ3) is 3.82. The van der Waals surface area contributed by atoms with Crippen LogP contribution in [0.15, 0.2) is 36.4 Å². The monoisotopic (exact) mass is 366 g/mol. The highest BCUT2D eigenvalue weighted by molar-refractivity contribution is 6.06. The van der Waals surface area contributed by atoms with E-state index < -0.39 is 6.04 Å². The van der Waals surface area contributed by atoms with Gasteiger partial charge in [-0.15, -0.1) is 0 Å². The van der Waals surface area contributed by atoms with Gasteiger partial charge in [0.1, 0.15) is 11.8 Å². The first kappa shape index (κ1) is 19.0. The lowest BCUT2D eigenvalue weighted by molar-refractivity contribution is -0.126. The molecule has 0 saturated heterocycles. The van der Waals surface area contributed by atoms with Crippen molar-refractivity contribution in [3.63, 3.8) is 0 Å². The number of nitrogens with zero attached hydrogens (tertiary/aromatic N) is 1. The van der Waals surface area contributed by atoms with Crippen molar-refractivity contribution in [2.45, 2.75) is 53.3 Å². The zero-order chi connectivity index (χ0) is 19.7. The van der Waals surface area contributed by atoms with Crippen LogP contribution < -0.4 is 15.0 Å². The minimum atomic E-state index is -0.644. The van der Waals surface area contributed by atoms with E-state index in [1.165, 1.54) is 6.92 Å². The number of anilines is 1. The van der Waals surface area contributed by atoms with Gasteiger partial charge in [-0.2, -0.15) is 0 Å². The van der Waals surface area contributed by atoms with Gasteiger partial charge in [-0.3, -0.25) is 9.59 Å². The van der Waals surface area contributed by atoms with Crippen molar-refractivity contribution in [2.75, 3.05) is 4.90 Å². The van der Waals surface area contributed by atoms with Gasteiger partial charge in [0.15, 0.2) is 0 Å². The number of hydrogen-bond donors (Lipinski definition) is 1. The van der Waals surface area contributed by atoms with Gasteiger partial charge in [0.25, 0.3) is 5.91 Å². The standard InChI is InChI=1S/C22H26N2O3/c1-13(2)27-19-9-7-6-8-17(19)12-24-21-15(4)10-14(3)11-18(21)20(22(24)26)23-16(5)25/h6-11,13,20H,12H2,1-5H3,(H,23,25)/t20-/m0/s1. The highest BCUT2D eigenvalue weighted by atomic mass is 16.5. The van der Waals surface area contributed by atoms with E-state index in [-0.39, 0.29) is 17.9 Å². The summed E-state index contributed by atoms with van der Waals surface area (Å²) in [5, 5.41) is 2.80. The van der Waals surface area contributed by atoms with E-state index in [0.29, 0.717) is 6.54 Å². The molecule has 0 spiro atoms. The smallest absolute Gasteiger partial charge is 0.254 e. The summed E-state index contributed by atoms with van der Waals surface area (Å²) in [6.07, 6.45) is 0.0456. The minimum Gasteiger partial charge on any atom is -0.491 e. The second-order valence-electron chi connectivity index (χ2n) is 7.35. The molecule has 2 aromatic carbocycles. The van der Waals surface area contributed by atoms with Gasteiger partial charge >= 0.3 is 0 Å². The quantitative estimate of drug-likeness (QED) is 0.875. The Morgan fingerprint density at radius 1 is 1.22 bits per heavy atom. The van der Waals surface area contributed by atoms with Gasteiger partial charge in [-0.25, -0.2) is 0 Å². The number of amides is 2. The SMILES string of the molecule is CC(=O)N[C@@H]1C(=O)N(Cc2ccccc2OC(C)C)c2c(C)cc(C)cc21. The first-order valence-corrected chi connectivity index (χ1v) is 9.22. The highest BCUT2D eigenvalue weighted by Gasteiger charge is 2.39. The van der Waals surface area contributed by atoms with Crippen LogP contribution in [-0.4, -0.2) is 17.9 Å². The fourth-order valence-electron chi connectivity index (χ4n) is 3.65. The minimum absolute atomic E-state index is 0.0456. The highest BCUT2D eigenvalue weighted by Crippen LogP contribution is 2.40. The van der Waals surface area contributed by atoms with Gasteiger partial charge < -0.3 is 15.0 Å². The van der Waals surface area contributed by atoms with Crippen LogP contribution in [0.5, 0.6) is 5.75 Å². The van der Waals surface area contributed by atoms with Gasteiger partial charge in [0, 0.05) is 18.1 Å². The molecule has 1 heterocycles. The molecule has 0 fully saturated rings. The summed E-state index contributed by atoms with van der Waals surface area (Å²) in [5.74, 6) is 0.437. The number of benzene rings is 2. The van der Waals surface area contributed by atoms with E-state index in [0.717, 1.165) is 33.7 Å². The average molecular weight is 366 g/mol. The number of aryl methyl sites for hydroxylation is 2. The first-order chi connectivity index (χ1) is 12.8. The Morgan fingerprint density at radius 2 is 1.93 bits per heavy atom. The summed E-state index contributed by atoms with van der Waals surface area (Å²) in [6.45, 7) is 9.79. The lowest BCUT2D eigenvalue weighted by atomic mass is 10.0. The molecule has 1 aliphatic heterocycles. The summed E-state index contributed by atoms with van der Waals surface area (Å²) in [5.41, 5.74) is 4.76. The molecule has 3 rings (SSSR count). The Kier molecular flexibility index (Phi) is 5.22. The molecule has 0 bridgehead atoms. The topological polar surface area (TPSA) is 58.6 Å². The van der Waals surface area contributed by atoms with Crippen molar-refractivity contribution in [1.82, 2.24) is 5.32 Å². The molecule has 0 aromatic heterocycles. The van der Waals surface area contributed by atoms with Gasteiger partial charge in [0.2, 0.25) is 5.91 Å². The van der Waals surface area contributed by atoms with Crippen molar-refractivity contribution in [3.8, 4) is 5.75 Å². The molecule has 1 aliphatic rings. The van der Waals surface area contributed by atoms with E-state index in [2.05, 4.69) is 11.4 Å². The molecule has 0 unspecified atom stereocenters. The van der Waals surface area contributed by atoms with Crippen molar-refractivity contribution in [2.24, 2.45) is 0 Å². The second kappa shape index (κ2) is 7.43. The molecule has 2 aromatic rings. The Morgan fingerprint density at radius 3 is 2.59 bits per heavy atom. The van der Waals surface area contributed by atoms with E-state index >= 15 is 0 Å². The number of nitrogens with one attached hydrogen (secondary N) is 1. The Hall–Kier alpha value is -2.82. The van der Waals surface area contributed by atoms with Crippen LogP contribution in [0.4, 0.5) is 5.69 Å². The predicted molar refractivity (Wildman–Crippen MR) is 106 cm³/mol. The van der Waals surface area contributed by atoms with Gasteiger partial charge in [0.05, 0.1) is 18.3 Å². The summed E-state index contributed by atoms with van der Waals surface area (Å²) >= 11 is 0. The largest absolute Gasteiger partial charge is 0.491 e. The average Bonchev–Trinajstić information content (AvgIpc) is 2.81. The van der Waals surface area contributed by atoms with Gasteiger partial charge in [-0.05, 0) is 39.3 Å². The molecule has 142 valence electrons. The number of carbonyl (C=O) groups excluding carboxylic acids is 2. The molecule has 27 heavy (non-hydrogen) atoms. The fraction of sp³-hybridized carbons (Fsp3) is 0.364. The van der Waals surface area contributed by atoms with Crippen LogP contribution in [0.1, 0.15) is 49.1 Å². The zero-order valence-corrected chi connectivity index (χ0v) is 16.5. The van der Waals surface area contributed by atoms with Gasteiger partial charge in [-0.1, -0.05) is 35.9 Å². The molecule has 1 atom stereocenters. The number of para-hydroxylation sites is 1. The van der Waals surface area contributed by atoms with Crippen LogP contribution >= 0.6 is 0 Å². The number of hydrogen-bond acceptors (Lipinski definition) is 3. The summed E-state index contributed by atoms with van der Waals surface area (Å²) < 4.78 is 5.91. The maximum atomic E-state index is 13.2. The molecular weight excluding hydrogens is 340 g/mol. The van der Waals surface area contributed by atoms with E-state index in [4.69, 9.17) is 4.74 Å². The molecule has 5 heteroatoms.